The molecule has 1 aliphatic carbocycles. The van der Waals surface area contributed by atoms with Crippen molar-refractivity contribution >= 4 is 21.4 Å². The Kier molecular flexibility index (Phi) is 2.30. The summed E-state index contributed by atoms with van der Waals surface area (Å²) in [5.41, 5.74) is 5.49. The number of anilines is 2. The van der Waals surface area contributed by atoms with E-state index in [1.54, 1.807) is 0 Å². The van der Waals surface area contributed by atoms with Gasteiger partial charge in [0.2, 0.25) is 10.0 Å². The van der Waals surface area contributed by atoms with Gasteiger partial charge >= 0.3 is 0 Å². The van der Waals surface area contributed by atoms with Crippen molar-refractivity contribution < 1.29 is 12.8 Å². The Morgan fingerprint density at radius 1 is 1.40 bits per heavy atom. The number of hydrogen-bond acceptors (Lipinski definition) is 3. The Morgan fingerprint density at radius 2 is 2.07 bits per heavy atom. The van der Waals surface area contributed by atoms with Crippen molar-refractivity contribution in [2.75, 3.05) is 10.5 Å². The van der Waals surface area contributed by atoms with Crippen LogP contribution in [0.15, 0.2) is 18.2 Å². The summed E-state index contributed by atoms with van der Waals surface area (Å²) in [5, 5.41) is -0.321. The lowest BCUT2D eigenvalue weighted by Gasteiger charge is -2.07. The highest BCUT2D eigenvalue weighted by molar-refractivity contribution is 7.93. The van der Waals surface area contributed by atoms with E-state index in [-0.39, 0.29) is 16.6 Å². The van der Waals surface area contributed by atoms with Crippen LogP contribution in [0.3, 0.4) is 0 Å². The van der Waals surface area contributed by atoms with E-state index in [1.165, 1.54) is 12.1 Å². The minimum Gasteiger partial charge on any atom is -0.396 e. The first-order valence-corrected chi connectivity index (χ1v) is 6.10. The van der Waals surface area contributed by atoms with Gasteiger partial charge in [0.1, 0.15) is 5.82 Å². The van der Waals surface area contributed by atoms with Crippen molar-refractivity contribution in [3.63, 3.8) is 0 Å². The molecule has 15 heavy (non-hydrogen) atoms. The van der Waals surface area contributed by atoms with Crippen molar-refractivity contribution in [1.82, 2.24) is 0 Å². The second kappa shape index (κ2) is 3.37. The standard InChI is InChI=1S/C9H11FN2O2S/c10-8-5-6(1-4-9(8)11)12-15(13,14)7-2-3-7/h1,4-5,7,12H,2-3,11H2. The SMILES string of the molecule is Nc1ccc(NS(=O)(=O)C2CC2)cc1F. The van der Waals surface area contributed by atoms with Crippen molar-refractivity contribution in [2.45, 2.75) is 18.1 Å². The molecule has 6 heteroatoms. The van der Waals surface area contributed by atoms with Crippen LogP contribution in [-0.4, -0.2) is 13.7 Å². The van der Waals surface area contributed by atoms with Gasteiger partial charge in [0.05, 0.1) is 16.6 Å². The maximum absolute atomic E-state index is 13.0. The largest absolute Gasteiger partial charge is 0.396 e. The van der Waals surface area contributed by atoms with Crippen LogP contribution in [0.4, 0.5) is 15.8 Å². The van der Waals surface area contributed by atoms with Gasteiger partial charge in [0, 0.05) is 6.07 Å². The van der Waals surface area contributed by atoms with Gasteiger partial charge in [-0.15, -0.1) is 0 Å². The van der Waals surface area contributed by atoms with Crippen LogP contribution in [0, 0.1) is 5.82 Å². The lowest BCUT2D eigenvalue weighted by molar-refractivity contribution is 0.600. The van der Waals surface area contributed by atoms with Crippen molar-refractivity contribution in [2.24, 2.45) is 0 Å². The molecule has 0 amide bonds. The zero-order chi connectivity index (χ0) is 11.1. The molecule has 0 spiro atoms. The minimum atomic E-state index is -3.33. The maximum atomic E-state index is 13.0. The summed E-state index contributed by atoms with van der Waals surface area (Å²) >= 11 is 0. The predicted molar refractivity (Wildman–Crippen MR) is 56.4 cm³/mol. The van der Waals surface area contributed by atoms with E-state index < -0.39 is 15.8 Å². The molecular weight excluding hydrogens is 219 g/mol. The van der Waals surface area contributed by atoms with Crippen LogP contribution in [0.5, 0.6) is 0 Å². The van der Waals surface area contributed by atoms with E-state index >= 15 is 0 Å². The van der Waals surface area contributed by atoms with Gasteiger partial charge in [-0.1, -0.05) is 0 Å². The second-order valence-corrected chi connectivity index (χ2v) is 5.54. The van der Waals surface area contributed by atoms with E-state index in [0.29, 0.717) is 12.8 Å². The summed E-state index contributed by atoms with van der Waals surface area (Å²) in [7, 11) is -3.33. The molecule has 1 aromatic rings. The second-order valence-electron chi connectivity index (χ2n) is 3.58. The molecule has 3 N–H and O–H groups in total. The third-order valence-corrected chi connectivity index (χ3v) is 4.09. The first kappa shape index (κ1) is 10.2. The molecule has 0 aliphatic heterocycles. The molecular formula is C9H11FN2O2S. The van der Waals surface area contributed by atoms with Crippen molar-refractivity contribution in [1.29, 1.82) is 0 Å². The molecule has 0 unspecified atom stereocenters. The normalized spacial score (nSPS) is 16.3. The highest BCUT2D eigenvalue weighted by atomic mass is 32.2. The molecule has 1 fully saturated rings. The third-order valence-electron chi connectivity index (χ3n) is 2.22. The molecule has 2 rings (SSSR count). The lowest BCUT2D eigenvalue weighted by atomic mass is 10.3. The fourth-order valence-electron chi connectivity index (χ4n) is 1.22. The highest BCUT2D eigenvalue weighted by Crippen LogP contribution is 2.30. The molecule has 0 heterocycles. The minimum absolute atomic E-state index is 0.00405. The van der Waals surface area contributed by atoms with Gasteiger partial charge in [0.25, 0.3) is 0 Å². The summed E-state index contributed by atoms with van der Waals surface area (Å²) < 4.78 is 38.3. The van der Waals surface area contributed by atoms with Crippen LogP contribution in [0.2, 0.25) is 0 Å². The molecule has 0 radical (unpaired) electrons. The first-order chi connectivity index (χ1) is 6.99. The van der Waals surface area contributed by atoms with Crippen LogP contribution < -0.4 is 10.5 Å². The van der Waals surface area contributed by atoms with E-state index in [9.17, 15) is 12.8 Å². The monoisotopic (exact) mass is 230 g/mol. The Morgan fingerprint density at radius 3 is 2.60 bits per heavy atom. The van der Waals surface area contributed by atoms with Crippen LogP contribution in [0.1, 0.15) is 12.8 Å². The molecule has 0 bridgehead atoms. The molecule has 0 aromatic heterocycles. The average molecular weight is 230 g/mol. The Balaban J connectivity index is 2.21. The Hall–Kier alpha value is -1.30. The summed E-state index contributed by atoms with van der Waals surface area (Å²) in [5.74, 6) is -0.619. The molecule has 0 atom stereocenters. The molecule has 1 saturated carbocycles. The van der Waals surface area contributed by atoms with Gasteiger partial charge in [0.15, 0.2) is 0 Å². The number of nitrogen functional groups attached to an aromatic ring is 1. The molecule has 0 saturated heterocycles. The van der Waals surface area contributed by atoms with Gasteiger partial charge in [-0.05, 0) is 25.0 Å². The molecule has 1 aromatic carbocycles. The predicted octanol–water partition coefficient (Wildman–Crippen LogP) is 1.31. The van der Waals surface area contributed by atoms with Gasteiger partial charge in [-0.25, -0.2) is 12.8 Å². The van der Waals surface area contributed by atoms with Gasteiger partial charge in [-0.3, -0.25) is 4.72 Å². The van der Waals surface area contributed by atoms with E-state index in [4.69, 9.17) is 5.73 Å². The number of benzene rings is 1. The zero-order valence-electron chi connectivity index (χ0n) is 7.90. The average Bonchev–Trinajstić information content (AvgIpc) is 2.93. The topological polar surface area (TPSA) is 72.2 Å². The van der Waals surface area contributed by atoms with Crippen LogP contribution in [0.25, 0.3) is 0 Å². The zero-order valence-corrected chi connectivity index (χ0v) is 8.72. The van der Waals surface area contributed by atoms with E-state index in [0.717, 1.165) is 6.07 Å². The highest BCUT2D eigenvalue weighted by Gasteiger charge is 2.35. The molecule has 82 valence electrons. The van der Waals surface area contributed by atoms with Gasteiger partial charge in [-0.2, -0.15) is 0 Å². The quantitative estimate of drug-likeness (QED) is 0.769. The van der Waals surface area contributed by atoms with Gasteiger partial charge < -0.3 is 5.73 Å². The van der Waals surface area contributed by atoms with E-state index in [1.807, 2.05) is 0 Å². The first-order valence-electron chi connectivity index (χ1n) is 4.56. The number of nitrogens with one attached hydrogen (secondary N) is 1. The Labute approximate surface area is 87.3 Å². The van der Waals surface area contributed by atoms with Crippen LogP contribution in [-0.2, 0) is 10.0 Å². The number of halogens is 1. The number of hydrogen-bond donors (Lipinski definition) is 2. The summed E-state index contributed by atoms with van der Waals surface area (Å²) in [6.45, 7) is 0. The smallest absolute Gasteiger partial charge is 0.235 e. The number of rotatable bonds is 3. The Bertz CT molecular complexity index is 483. The third kappa shape index (κ3) is 2.20. The van der Waals surface area contributed by atoms with Crippen molar-refractivity contribution in [3.8, 4) is 0 Å². The lowest BCUT2D eigenvalue weighted by Crippen LogP contribution is -2.17. The number of sulfonamides is 1. The molecule has 1 aliphatic rings. The van der Waals surface area contributed by atoms with E-state index in [2.05, 4.69) is 4.72 Å². The summed E-state index contributed by atoms with van der Waals surface area (Å²) in [6, 6.07) is 3.85. The summed E-state index contributed by atoms with van der Waals surface area (Å²) in [6.07, 6.45) is 1.35. The number of nitrogens with two attached hydrogens (primary N) is 1. The fraction of sp³-hybridized carbons (Fsp3) is 0.333. The maximum Gasteiger partial charge on any atom is 0.235 e. The summed E-state index contributed by atoms with van der Waals surface area (Å²) in [4.78, 5) is 0. The van der Waals surface area contributed by atoms with Crippen LogP contribution >= 0.6 is 0 Å². The molecule has 4 nitrogen and oxygen atoms in total. The van der Waals surface area contributed by atoms with Crippen molar-refractivity contribution in [3.05, 3.63) is 24.0 Å². The fourth-order valence-corrected chi connectivity index (χ4v) is 2.60.